The maximum absolute atomic E-state index is 12.4. The van der Waals surface area contributed by atoms with E-state index in [0.717, 1.165) is 5.56 Å². The van der Waals surface area contributed by atoms with Crippen molar-refractivity contribution < 1.29 is 19.5 Å². The van der Waals surface area contributed by atoms with Gasteiger partial charge in [-0.15, -0.1) is 0 Å². The van der Waals surface area contributed by atoms with Crippen molar-refractivity contribution in [1.29, 1.82) is 0 Å². The van der Waals surface area contributed by atoms with E-state index in [2.05, 4.69) is 10.6 Å². The molecule has 0 saturated heterocycles. The number of carbonyl (C=O) groups excluding carboxylic acids is 2. The fourth-order valence-electron chi connectivity index (χ4n) is 2.73. The average molecular weight is 330 g/mol. The van der Waals surface area contributed by atoms with Crippen LogP contribution in [-0.2, 0) is 14.4 Å². The van der Waals surface area contributed by atoms with E-state index < -0.39 is 17.8 Å². The zero-order valence-corrected chi connectivity index (χ0v) is 13.8. The van der Waals surface area contributed by atoms with Gasteiger partial charge in [0.15, 0.2) is 0 Å². The molecule has 1 aliphatic carbocycles. The zero-order chi connectivity index (χ0) is 17.7. The van der Waals surface area contributed by atoms with Crippen LogP contribution in [0.2, 0.25) is 0 Å². The van der Waals surface area contributed by atoms with Gasteiger partial charge in [-0.3, -0.25) is 14.4 Å². The number of aryl methyl sites for hydroxylation is 1. The van der Waals surface area contributed by atoms with Crippen molar-refractivity contribution in [2.24, 2.45) is 11.8 Å². The van der Waals surface area contributed by atoms with Gasteiger partial charge in [-0.2, -0.15) is 0 Å². The summed E-state index contributed by atoms with van der Waals surface area (Å²) in [7, 11) is 0. The highest BCUT2D eigenvalue weighted by molar-refractivity contribution is 5.96. The topological polar surface area (TPSA) is 95.5 Å². The van der Waals surface area contributed by atoms with Crippen LogP contribution in [0.4, 0.5) is 11.4 Å². The molecule has 6 heteroatoms. The van der Waals surface area contributed by atoms with E-state index in [9.17, 15) is 19.5 Å². The second kappa shape index (κ2) is 7.77. The summed E-state index contributed by atoms with van der Waals surface area (Å²) >= 11 is 0. The SMILES string of the molecule is CCC(=O)Nc1ccc(NC(=O)[C@@H]2CC=CC[C@H]2C(=O)O)cc1C. The number of carboxylic acids is 1. The van der Waals surface area contributed by atoms with Gasteiger partial charge in [0.05, 0.1) is 11.8 Å². The number of carboxylic acid groups (broad SMARTS) is 1. The molecule has 1 aliphatic rings. The Kier molecular flexibility index (Phi) is 5.73. The van der Waals surface area contributed by atoms with Gasteiger partial charge in [-0.05, 0) is 43.5 Å². The summed E-state index contributed by atoms with van der Waals surface area (Å²) in [6, 6.07) is 5.19. The van der Waals surface area contributed by atoms with Crippen LogP contribution >= 0.6 is 0 Å². The molecule has 0 radical (unpaired) electrons. The molecule has 1 aromatic rings. The Hall–Kier alpha value is -2.63. The van der Waals surface area contributed by atoms with Crippen molar-refractivity contribution in [2.45, 2.75) is 33.1 Å². The third-order valence-electron chi connectivity index (χ3n) is 4.18. The van der Waals surface area contributed by atoms with Crippen molar-refractivity contribution >= 4 is 29.2 Å². The minimum absolute atomic E-state index is 0.0758. The molecular formula is C18H22N2O4. The zero-order valence-electron chi connectivity index (χ0n) is 13.8. The predicted octanol–water partition coefficient (Wildman–Crippen LogP) is 2.95. The summed E-state index contributed by atoms with van der Waals surface area (Å²) in [6.45, 7) is 3.61. The number of nitrogens with one attached hydrogen (secondary N) is 2. The number of allylic oxidation sites excluding steroid dienone is 2. The van der Waals surface area contributed by atoms with Gasteiger partial charge in [0.2, 0.25) is 11.8 Å². The molecule has 0 saturated carbocycles. The average Bonchev–Trinajstić information content (AvgIpc) is 2.57. The highest BCUT2D eigenvalue weighted by Gasteiger charge is 2.33. The maximum atomic E-state index is 12.4. The fraction of sp³-hybridized carbons (Fsp3) is 0.389. The van der Waals surface area contributed by atoms with Crippen LogP contribution < -0.4 is 10.6 Å². The number of benzene rings is 1. The lowest BCUT2D eigenvalue weighted by Crippen LogP contribution is -2.34. The Bertz CT molecular complexity index is 682. The van der Waals surface area contributed by atoms with Gasteiger partial charge in [-0.25, -0.2) is 0 Å². The summed E-state index contributed by atoms with van der Waals surface area (Å²) in [6.07, 6.45) is 4.83. The molecule has 2 rings (SSSR count). The number of rotatable bonds is 5. The molecule has 24 heavy (non-hydrogen) atoms. The van der Waals surface area contributed by atoms with E-state index in [1.165, 1.54) is 0 Å². The largest absolute Gasteiger partial charge is 0.481 e. The smallest absolute Gasteiger partial charge is 0.307 e. The molecule has 0 aromatic heterocycles. The number of hydrogen-bond acceptors (Lipinski definition) is 3. The number of anilines is 2. The second-order valence-electron chi connectivity index (χ2n) is 5.91. The molecule has 0 heterocycles. The molecule has 3 N–H and O–H groups in total. The second-order valence-corrected chi connectivity index (χ2v) is 5.91. The third-order valence-corrected chi connectivity index (χ3v) is 4.18. The molecule has 0 unspecified atom stereocenters. The Morgan fingerprint density at radius 1 is 1.12 bits per heavy atom. The summed E-state index contributed by atoms with van der Waals surface area (Å²) in [4.78, 5) is 35.2. The molecule has 6 nitrogen and oxygen atoms in total. The fourth-order valence-corrected chi connectivity index (χ4v) is 2.73. The molecule has 2 amide bonds. The standard InChI is InChI=1S/C18H22N2O4/c1-3-16(21)20-15-9-8-12(10-11(15)2)19-17(22)13-6-4-5-7-14(13)18(23)24/h4-5,8-10,13-14H,3,6-7H2,1-2H3,(H,19,22)(H,20,21)(H,23,24)/t13-,14-/m1/s1. The van der Waals surface area contributed by atoms with Gasteiger partial charge >= 0.3 is 5.97 Å². The van der Waals surface area contributed by atoms with Crippen LogP contribution in [0.3, 0.4) is 0 Å². The summed E-state index contributed by atoms with van der Waals surface area (Å²) in [5.74, 6) is -2.59. The molecule has 2 atom stereocenters. The number of carbonyl (C=O) groups is 3. The first-order valence-electron chi connectivity index (χ1n) is 8.01. The maximum Gasteiger partial charge on any atom is 0.307 e. The minimum Gasteiger partial charge on any atom is -0.481 e. The molecule has 0 aliphatic heterocycles. The predicted molar refractivity (Wildman–Crippen MR) is 91.7 cm³/mol. The quantitative estimate of drug-likeness (QED) is 0.723. The monoisotopic (exact) mass is 330 g/mol. The van der Waals surface area contributed by atoms with Gasteiger partial charge < -0.3 is 15.7 Å². The Morgan fingerprint density at radius 2 is 1.79 bits per heavy atom. The first kappa shape index (κ1) is 17.7. The van der Waals surface area contributed by atoms with E-state index in [1.807, 2.05) is 13.0 Å². The molecule has 0 bridgehead atoms. The van der Waals surface area contributed by atoms with Crippen molar-refractivity contribution in [3.8, 4) is 0 Å². The van der Waals surface area contributed by atoms with E-state index in [1.54, 1.807) is 31.2 Å². The molecular weight excluding hydrogens is 308 g/mol. The minimum atomic E-state index is -0.951. The molecule has 128 valence electrons. The Balaban J connectivity index is 2.08. The van der Waals surface area contributed by atoms with E-state index >= 15 is 0 Å². The molecule has 0 spiro atoms. The lowest BCUT2D eigenvalue weighted by molar-refractivity contribution is -0.146. The number of hydrogen-bond donors (Lipinski definition) is 3. The first-order chi connectivity index (χ1) is 11.4. The summed E-state index contributed by atoms with van der Waals surface area (Å²) in [5.41, 5.74) is 2.11. The van der Waals surface area contributed by atoms with E-state index in [0.29, 0.717) is 30.6 Å². The van der Waals surface area contributed by atoms with Gasteiger partial charge in [-0.1, -0.05) is 19.1 Å². The number of aliphatic carboxylic acids is 1. The van der Waals surface area contributed by atoms with Crippen LogP contribution in [0.1, 0.15) is 31.7 Å². The summed E-state index contributed by atoms with van der Waals surface area (Å²) in [5, 5.41) is 14.8. The van der Waals surface area contributed by atoms with Crippen LogP contribution in [0.25, 0.3) is 0 Å². The van der Waals surface area contributed by atoms with Crippen molar-refractivity contribution in [3.05, 3.63) is 35.9 Å². The van der Waals surface area contributed by atoms with Gasteiger partial charge in [0.25, 0.3) is 0 Å². The van der Waals surface area contributed by atoms with Crippen LogP contribution in [-0.4, -0.2) is 22.9 Å². The summed E-state index contributed by atoms with van der Waals surface area (Å²) < 4.78 is 0. The van der Waals surface area contributed by atoms with Crippen molar-refractivity contribution in [3.63, 3.8) is 0 Å². The van der Waals surface area contributed by atoms with E-state index in [4.69, 9.17) is 0 Å². The van der Waals surface area contributed by atoms with Gasteiger partial charge in [0, 0.05) is 17.8 Å². The normalized spacial score (nSPS) is 19.6. The lowest BCUT2D eigenvalue weighted by Gasteiger charge is -2.24. The molecule has 1 aromatic carbocycles. The van der Waals surface area contributed by atoms with E-state index in [-0.39, 0.29) is 11.8 Å². The first-order valence-corrected chi connectivity index (χ1v) is 8.01. The Labute approximate surface area is 140 Å². The van der Waals surface area contributed by atoms with Crippen molar-refractivity contribution in [1.82, 2.24) is 0 Å². The van der Waals surface area contributed by atoms with Crippen LogP contribution in [0.15, 0.2) is 30.4 Å². The van der Waals surface area contributed by atoms with Crippen LogP contribution in [0, 0.1) is 18.8 Å². The molecule has 0 fully saturated rings. The highest BCUT2D eigenvalue weighted by atomic mass is 16.4. The van der Waals surface area contributed by atoms with Crippen molar-refractivity contribution in [2.75, 3.05) is 10.6 Å². The highest BCUT2D eigenvalue weighted by Crippen LogP contribution is 2.28. The van der Waals surface area contributed by atoms with Crippen LogP contribution in [0.5, 0.6) is 0 Å². The number of amides is 2. The third kappa shape index (κ3) is 4.22. The Morgan fingerprint density at radius 3 is 2.38 bits per heavy atom. The lowest BCUT2D eigenvalue weighted by atomic mass is 9.82. The van der Waals surface area contributed by atoms with Gasteiger partial charge in [0.1, 0.15) is 0 Å².